The number of anilines is 1. The number of pyridine rings is 1. The van der Waals surface area contributed by atoms with Gasteiger partial charge >= 0.3 is 5.97 Å². The maximum atomic E-state index is 11.9. The molecule has 0 aliphatic carbocycles. The Morgan fingerprint density at radius 2 is 1.61 bits per heavy atom. The van der Waals surface area contributed by atoms with Gasteiger partial charge in [0.15, 0.2) is 18.1 Å². The predicted octanol–water partition coefficient (Wildman–Crippen LogP) is 4.77. The van der Waals surface area contributed by atoms with Crippen LogP contribution in [0.5, 0.6) is 11.5 Å². The number of halogens is 2. The van der Waals surface area contributed by atoms with Gasteiger partial charge in [-0.05, 0) is 42.3 Å². The number of nitrogens with zero attached hydrogens (tertiary/aromatic N) is 3. The number of hydrogen-bond acceptors (Lipinski definition) is 7. The smallest absolute Gasteiger partial charge is 0.344 e. The third kappa shape index (κ3) is 8.59. The van der Waals surface area contributed by atoms with E-state index in [4.69, 9.17) is 14.2 Å². The number of carbonyl (C=O) groups is 1. The molecule has 2 heterocycles. The monoisotopic (exact) mass is 533 g/mol. The first-order chi connectivity index (χ1) is 16.7. The molecule has 0 N–H and O–H groups in total. The Bertz CT molecular complexity index is 1050. The van der Waals surface area contributed by atoms with Gasteiger partial charge in [0, 0.05) is 38.9 Å². The largest absolute Gasteiger partial charge is 0.485 e. The van der Waals surface area contributed by atoms with Crippen LogP contribution >= 0.6 is 24.8 Å². The Morgan fingerprint density at radius 1 is 0.861 bits per heavy atom. The summed E-state index contributed by atoms with van der Waals surface area (Å²) in [5, 5.41) is 0. The Kier molecular flexibility index (Phi) is 12.3. The van der Waals surface area contributed by atoms with Crippen LogP contribution in [0.25, 0.3) is 0 Å². The Morgan fingerprint density at radius 3 is 2.31 bits per heavy atom. The quantitative estimate of drug-likeness (QED) is 0.348. The van der Waals surface area contributed by atoms with Crippen LogP contribution in [0.4, 0.5) is 5.82 Å². The molecular formula is C27H33Cl2N3O4. The van der Waals surface area contributed by atoms with Crippen molar-refractivity contribution in [3.05, 3.63) is 84.1 Å². The minimum absolute atomic E-state index is 0. The molecule has 7 nitrogen and oxygen atoms in total. The van der Waals surface area contributed by atoms with Crippen LogP contribution in [0.3, 0.4) is 0 Å². The summed E-state index contributed by atoms with van der Waals surface area (Å²) in [5.74, 6) is 1.79. The van der Waals surface area contributed by atoms with Crippen LogP contribution in [0.15, 0.2) is 72.9 Å². The average molecular weight is 534 g/mol. The highest BCUT2D eigenvalue weighted by molar-refractivity contribution is 5.85. The van der Waals surface area contributed by atoms with Crippen molar-refractivity contribution >= 4 is 36.6 Å². The second-order valence-corrected chi connectivity index (χ2v) is 8.10. The van der Waals surface area contributed by atoms with E-state index in [-0.39, 0.29) is 31.4 Å². The van der Waals surface area contributed by atoms with Gasteiger partial charge in [0.1, 0.15) is 12.4 Å². The Labute approximate surface area is 225 Å². The topological polar surface area (TPSA) is 64.1 Å². The molecule has 36 heavy (non-hydrogen) atoms. The number of carbonyl (C=O) groups excluding carboxylic acids is 1. The van der Waals surface area contributed by atoms with E-state index in [1.165, 1.54) is 0 Å². The lowest BCUT2D eigenvalue weighted by Crippen LogP contribution is -2.46. The molecule has 1 aliphatic rings. The highest BCUT2D eigenvalue weighted by atomic mass is 35.5. The van der Waals surface area contributed by atoms with E-state index >= 15 is 0 Å². The van der Waals surface area contributed by atoms with Crippen molar-refractivity contribution in [2.75, 3.05) is 44.3 Å². The lowest BCUT2D eigenvalue weighted by molar-refractivity contribution is -0.145. The molecule has 1 aliphatic heterocycles. The fraction of sp³-hybridized carbons (Fsp3) is 0.333. The van der Waals surface area contributed by atoms with Gasteiger partial charge in [-0.2, -0.15) is 0 Å². The minimum Gasteiger partial charge on any atom is -0.485 e. The van der Waals surface area contributed by atoms with Crippen molar-refractivity contribution in [3.63, 3.8) is 0 Å². The number of hydrogen-bond donors (Lipinski definition) is 0. The van der Waals surface area contributed by atoms with Crippen molar-refractivity contribution in [2.24, 2.45) is 0 Å². The molecule has 194 valence electrons. The van der Waals surface area contributed by atoms with Crippen molar-refractivity contribution in [2.45, 2.75) is 20.1 Å². The Balaban J connectivity index is 0.00000228. The lowest BCUT2D eigenvalue weighted by Gasteiger charge is -2.35. The molecule has 0 unspecified atom stereocenters. The summed E-state index contributed by atoms with van der Waals surface area (Å²) in [6, 6.07) is 21.9. The van der Waals surface area contributed by atoms with Crippen molar-refractivity contribution in [3.8, 4) is 11.5 Å². The van der Waals surface area contributed by atoms with Gasteiger partial charge in [-0.3, -0.25) is 4.90 Å². The lowest BCUT2D eigenvalue weighted by atomic mass is 10.1. The summed E-state index contributed by atoms with van der Waals surface area (Å²) < 4.78 is 16.8. The summed E-state index contributed by atoms with van der Waals surface area (Å²) in [5.41, 5.74) is 2.17. The van der Waals surface area contributed by atoms with E-state index in [0.717, 1.165) is 49.7 Å². The number of piperazine rings is 1. The van der Waals surface area contributed by atoms with Crippen LogP contribution < -0.4 is 14.4 Å². The van der Waals surface area contributed by atoms with Crippen molar-refractivity contribution in [1.29, 1.82) is 0 Å². The van der Waals surface area contributed by atoms with Gasteiger partial charge < -0.3 is 19.1 Å². The van der Waals surface area contributed by atoms with E-state index in [0.29, 0.717) is 24.7 Å². The summed E-state index contributed by atoms with van der Waals surface area (Å²) in [6.07, 6.45) is 1.83. The highest BCUT2D eigenvalue weighted by Crippen LogP contribution is 2.30. The van der Waals surface area contributed by atoms with E-state index in [9.17, 15) is 4.79 Å². The molecule has 1 fully saturated rings. The first-order valence-corrected chi connectivity index (χ1v) is 11.7. The van der Waals surface area contributed by atoms with Crippen LogP contribution in [0, 0.1) is 0 Å². The van der Waals surface area contributed by atoms with Gasteiger partial charge in [-0.15, -0.1) is 24.8 Å². The predicted molar refractivity (Wildman–Crippen MR) is 146 cm³/mol. The van der Waals surface area contributed by atoms with E-state index in [1.807, 2.05) is 60.8 Å². The molecule has 0 saturated carbocycles. The van der Waals surface area contributed by atoms with Crippen molar-refractivity contribution in [1.82, 2.24) is 9.88 Å². The second-order valence-electron chi connectivity index (χ2n) is 8.10. The number of esters is 1. The summed E-state index contributed by atoms with van der Waals surface area (Å²) >= 11 is 0. The highest BCUT2D eigenvalue weighted by Gasteiger charge is 2.19. The number of ether oxygens (including phenoxy) is 3. The zero-order valence-electron chi connectivity index (χ0n) is 20.4. The van der Waals surface area contributed by atoms with E-state index in [1.54, 1.807) is 6.92 Å². The molecule has 2 aromatic carbocycles. The molecule has 0 bridgehead atoms. The van der Waals surface area contributed by atoms with Crippen molar-refractivity contribution < 1.29 is 19.0 Å². The van der Waals surface area contributed by atoms with Gasteiger partial charge in [-0.25, -0.2) is 9.78 Å². The number of benzene rings is 2. The van der Waals surface area contributed by atoms with Gasteiger partial charge in [0.2, 0.25) is 0 Å². The maximum absolute atomic E-state index is 11.9. The fourth-order valence-corrected chi connectivity index (χ4v) is 3.89. The third-order valence-corrected chi connectivity index (χ3v) is 5.65. The summed E-state index contributed by atoms with van der Waals surface area (Å²) in [4.78, 5) is 21.0. The average Bonchev–Trinajstić information content (AvgIpc) is 2.88. The van der Waals surface area contributed by atoms with Crippen LogP contribution in [-0.4, -0.2) is 55.2 Å². The van der Waals surface area contributed by atoms with Crippen LogP contribution in [0.1, 0.15) is 18.1 Å². The van der Waals surface area contributed by atoms with Crippen LogP contribution in [0.2, 0.25) is 0 Å². The molecule has 0 amide bonds. The zero-order chi connectivity index (χ0) is 23.6. The molecule has 1 aromatic heterocycles. The molecule has 0 radical (unpaired) electrons. The molecule has 0 atom stereocenters. The minimum atomic E-state index is -0.396. The van der Waals surface area contributed by atoms with E-state index < -0.39 is 5.97 Å². The Hall–Kier alpha value is -3.00. The molecule has 9 heteroatoms. The van der Waals surface area contributed by atoms with Gasteiger partial charge in [0.25, 0.3) is 0 Å². The molecule has 0 spiro atoms. The summed E-state index contributed by atoms with van der Waals surface area (Å²) in [7, 11) is 0. The normalized spacial score (nSPS) is 13.2. The van der Waals surface area contributed by atoms with Crippen LogP contribution in [-0.2, 0) is 22.7 Å². The first kappa shape index (κ1) is 29.2. The molecule has 1 saturated heterocycles. The first-order valence-electron chi connectivity index (χ1n) is 11.7. The summed E-state index contributed by atoms with van der Waals surface area (Å²) in [6.45, 7) is 6.93. The third-order valence-electron chi connectivity index (χ3n) is 5.65. The van der Waals surface area contributed by atoms with Gasteiger partial charge in [0.05, 0.1) is 6.61 Å². The molecular weight excluding hydrogens is 501 g/mol. The van der Waals surface area contributed by atoms with Gasteiger partial charge in [-0.1, -0.05) is 42.5 Å². The maximum Gasteiger partial charge on any atom is 0.344 e. The molecule has 3 aromatic rings. The number of rotatable bonds is 10. The SMILES string of the molecule is CCOC(=O)COc1cc(CN2CCN(c3ccccn3)CC2)ccc1OCc1ccccc1.Cl.Cl. The fourth-order valence-electron chi connectivity index (χ4n) is 3.89. The second kappa shape index (κ2) is 15.2. The molecule has 4 rings (SSSR count). The zero-order valence-corrected chi connectivity index (χ0v) is 22.0. The van der Waals surface area contributed by atoms with E-state index in [2.05, 4.69) is 26.9 Å². The standard InChI is InChI=1S/C27H31N3O4.2ClH/c1-2-32-27(31)21-34-25-18-23(11-12-24(25)33-20-22-8-4-3-5-9-22)19-29-14-16-30(17-15-29)26-10-6-7-13-28-26;;/h3-13,18H,2,14-17,19-21H2,1H3;2*1H. The number of aromatic nitrogens is 1.